The molecule has 172 valence electrons. The summed E-state index contributed by atoms with van der Waals surface area (Å²) in [5.41, 5.74) is 4.80. The first-order valence-electron chi connectivity index (χ1n) is 11.3. The van der Waals surface area contributed by atoms with Gasteiger partial charge in [-0.2, -0.15) is 0 Å². The molecule has 1 aromatic carbocycles. The van der Waals surface area contributed by atoms with Gasteiger partial charge in [-0.25, -0.2) is 0 Å². The molecule has 0 bridgehead atoms. The van der Waals surface area contributed by atoms with Crippen LogP contribution in [-0.2, 0) is 16.2 Å². The quantitative estimate of drug-likeness (QED) is 0.268. The summed E-state index contributed by atoms with van der Waals surface area (Å²) in [7, 11) is -3.58. The van der Waals surface area contributed by atoms with Crippen molar-refractivity contribution in [1.82, 2.24) is 0 Å². The molecule has 0 aromatic heterocycles. The number of rotatable bonds is 3. The third-order valence-electron chi connectivity index (χ3n) is 5.54. The van der Waals surface area contributed by atoms with Gasteiger partial charge in [0.2, 0.25) is 0 Å². The number of hydrogen-bond donors (Lipinski definition) is 0. The molecule has 1 unspecified atom stereocenters. The fourth-order valence-corrected chi connectivity index (χ4v) is 23.5. The molecule has 0 fully saturated rings. The molecule has 0 N–H and O–H groups in total. The van der Waals surface area contributed by atoms with Gasteiger partial charge in [0, 0.05) is 0 Å². The van der Waals surface area contributed by atoms with E-state index in [-0.39, 0.29) is 35.1 Å². The molecule has 0 spiro atoms. The van der Waals surface area contributed by atoms with Gasteiger partial charge in [0.05, 0.1) is 16.1 Å². The second-order valence-electron chi connectivity index (χ2n) is 13.9. The average Bonchev–Trinajstić information content (AvgIpc) is 2.45. The number of halogens is 1. The van der Waals surface area contributed by atoms with E-state index in [1.807, 2.05) is 4.54 Å². The van der Waals surface area contributed by atoms with E-state index < -0.39 is 23.3 Å². The maximum Gasteiger partial charge on any atom is 1.00 e. The second kappa shape index (κ2) is 10.2. The van der Waals surface area contributed by atoms with Gasteiger partial charge in [-0.05, 0) is 38.2 Å². The van der Waals surface area contributed by atoms with E-state index in [9.17, 15) is 0 Å². The summed E-state index contributed by atoms with van der Waals surface area (Å²) in [6.45, 7) is 36.6. The average molecular weight is 534 g/mol. The van der Waals surface area contributed by atoms with E-state index in [0.29, 0.717) is 0 Å². The summed E-state index contributed by atoms with van der Waals surface area (Å²) in [6.07, 6.45) is 0. The minimum absolute atomic E-state index is 0. The summed E-state index contributed by atoms with van der Waals surface area (Å²) in [5.74, 6) is 0. The third-order valence-corrected chi connectivity index (χ3v) is 20.9. The fourth-order valence-electron chi connectivity index (χ4n) is 4.44. The van der Waals surface area contributed by atoms with Crippen LogP contribution in [0.15, 0.2) is 12.1 Å². The zero-order chi connectivity index (χ0) is 24.1. The molecule has 1 rings (SSSR count). The van der Waals surface area contributed by atoms with Gasteiger partial charge < -0.3 is 20.6 Å². The van der Waals surface area contributed by atoms with Gasteiger partial charge >= 0.3 is 18.9 Å². The van der Waals surface area contributed by atoms with E-state index in [1.165, 1.54) is 16.7 Å². The number of hydrogen-bond acceptors (Lipinski definition) is 0. The van der Waals surface area contributed by atoms with Gasteiger partial charge in [0.15, 0.2) is 0 Å². The van der Waals surface area contributed by atoms with Gasteiger partial charge in [0.1, 0.15) is 0 Å². The summed E-state index contributed by atoms with van der Waals surface area (Å²) in [5, 5.41) is 1.58. The van der Waals surface area contributed by atoms with Crippen molar-refractivity contribution >= 4 is 53.8 Å². The Morgan fingerprint density at radius 2 is 1.03 bits per heavy atom. The fraction of sp³-hybridized carbons (Fsp3) is 0.692. The Bertz CT molecular complexity index is 823. The maximum atomic E-state index is 3.80. The van der Waals surface area contributed by atoms with Gasteiger partial charge in [-0.3, -0.25) is 7.17 Å². The Labute approximate surface area is 218 Å². The summed E-state index contributed by atoms with van der Waals surface area (Å²) in [4.78, 5) is 0. The van der Waals surface area contributed by atoms with Crippen molar-refractivity contribution in [3.8, 4) is 0 Å². The Kier molecular flexibility index (Phi) is 10.4. The third kappa shape index (κ3) is 7.90. The smallest absolute Gasteiger partial charge is 0.391 e. The van der Waals surface area contributed by atoms with Crippen LogP contribution in [0.4, 0.5) is 0 Å². The van der Waals surface area contributed by atoms with Crippen molar-refractivity contribution in [3.63, 3.8) is 0 Å². The van der Waals surface area contributed by atoms with Crippen molar-refractivity contribution in [1.29, 1.82) is 0 Å². The van der Waals surface area contributed by atoms with E-state index in [1.54, 1.807) is 5.30 Å². The summed E-state index contributed by atoms with van der Waals surface area (Å²) in [6, 6.07) is 5.05. The molecular formula is C26H47BrLiPSi2. The molecule has 0 aliphatic carbocycles. The standard InChI is InChI=1S/C26H47BrPSi2.Li/c1-24(2,3)19-16-20(25(4,5)6)22(21(17-19)26(7,8)9)28(18-27)23(29(10,11)12)30(13,14)15;/h16-17H,1-15H3;/q-1;+1. The van der Waals surface area contributed by atoms with Crippen LogP contribution in [-0.4, -0.2) is 25.4 Å². The first-order chi connectivity index (χ1) is 13.0. The first-order valence-corrected chi connectivity index (χ1v) is 20.4. The Morgan fingerprint density at radius 1 is 0.710 bits per heavy atom. The van der Waals surface area contributed by atoms with E-state index in [4.69, 9.17) is 0 Å². The minimum Gasteiger partial charge on any atom is -0.391 e. The normalized spacial score (nSPS) is 14.4. The van der Waals surface area contributed by atoms with Crippen molar-refractivity contribution in [2.45, 2.75) is 118 Å². The molecule has 0 saturated carbocycles. The van der Waals surface area contributed by atoms with Crippen LogP contribution < -0.4 is 24.2 Å². The predicted molar refractivity (Wildman–Crippen MR) is 155 cm³/mol. The van der Waals surface area contributed by atoms with Crippen LogP contribution in [0.2, 0.25) is 39.3 Å². The largest absolute Gasteiger partial charge is 1.00 e. The molecule has 5 heteroatoms. The summed E-state index contributed by atoms with van der Waals surface area (Å²) < 4.78 is 5.59. The Morgan fingerprint density at radius 3 is 1.23 bits per heavy atom. The van der Waals surface area contributed by atoms with Gasteiger partial charge in [-0.1, -0.05) is 118 Å². The van der Waals surface area contributed by atoms with Gasteiger partial charge in [-0.15, -0.1) is 0 Å². The number of benzene rings is 1. The van der Waals surface area contributed by atoms with Gasteiger partial charge in [0.25, 0.3) is 0 Å². The molecule has 0 heterocycles. The van der Waals surface area contributed by atoms with Crippen LogP contribution >= 0.6 is 23.1 Å². The molecule has 1 atom stereocenters. The van der Waals surface area contributed by atoms with E-state index in [0.717, 1.165) is 0 Å². The van der Waals surface area contributed by atoms with Crippen LogP contribution in [0.5, 0.6) is 0 Å². The molecule has 0 saturated heterocycles. The molecule has 0 aliphatic rings. The van der Waals surface area contributed by atoms with Crippen molar-refractivity contribution in [3.05, 3.63) is 28.8 Å². The Balaban J connectivity index is 0.00000900. The molecule has 31 heavy (non-hydrogen) atoms. The van der Waals surface area contributed by atoms with Crippen LogP contribution in [0.1, 0.15) is 79.0 Å². The molecular weight excluding hydrogens is 486 g/mol. The van der Waals surface area contributed by atoms with E-state index in [2.05, 4.69) is 134 Å². The SMILES string of the molecule is CC(C)(C)c1cc(C(C)(C)C)c(P(=[C-]Br)=C([Si](C)(C)C)[Si](C)(C)C)c(C(C)(C)C)c1.[Li+]. The first kappa shape index (κ1) is 31.8. The summed E-state index contributed by atoms with van der Waals surface area (Å²) >= 11 is 3.80. The molecule has 0 aliphatic heterocycles. The van der Waals surface area contributed by atoms with Crippen LogP contribution in [0, 0.1) is 0 Å². The van der Waals surface area contributed by atoms with Crippen molar-refractivity contribution in [2.75, 3.05) is 0 Å². The zero-order valence-electron chi connectivity index (χ0n) is 23.5. The predicted octanol–water partition coefficient (Wildman–Crippen LogP) is 5.65. The second-order valence-corrected chi connectivity index (χ2v) is 28.1. The molecule has 0 radical (unpaired) electrons. The maximum absolute atomic E-state index is 3.80. The van der Waals surface area contributed by atoms with Crippen LogP contribution in [0.3, 0.4) is 0 Å². The van der Waals surface area contributed by atoms with Crippen molar-refractivity contribution in [2.24, 2.45) is 0 Å². The minimum atomic E-state index is -1.49. The monoisotopic (exact) mass is 532 g/mol. The molecule has 0 amide bonds. The van der Waals surface area contributed by atoms with E-state index >= 15 is 0 Å². The van der Waals surface area contributed by atoms with Crippen molar-refractivity contribution < 1.29 is 18.9 Å². The van der Waals surface area contributed by atoms with Crippen LogP contribution in [0.25, 0.3) is 0 Å². The zero-order valence-corrected chi connectivity index (χ0v) is 28.0. The molecule has 1 aromatic rings. The Hall–Kier alpha value is 0.771. The topological polar surface area (TPSA) is 0 Å². The molecule has 0 nitrogen and oxygen atoms in total.